The topological polar surface area (TPSA) is 97.7 Å². The van der Waals surface area contributed by atoms with Gasteiger partial charge in [0.15, 0.2) is 5.65 Å². The van der Waals surface area contributed by atoms with Gasteiger partial charge in [0.05, 0.1) is 40.9 Å². The molecular weight excluding hydrogens is 344 g/mol. The summed E-state index contributed by atoms with van der Waals surface area (Å²) in [6, 6.07) is 9.42. The monoisotopic (exact) mass is 364 g/mol. The van der Waals surface area contributed by atoms with Crippen LogP contribution in [0.4, 0.5) is 5.95 Å². The lowest BCUT2D eigenvalue weighted by molar-refractivity contribution is 0.0870. The van der Waals surface area contributed by atoms with Crippen LogP contribution in [0.2, 0.25) is 0 Å². The first-order valence-corrected chi connectivity index (χ1v) is 8.81. The maximum Gasteiger partial charge on any atom is 0.267 e. The van der Waals surface area contributed by atoms with E-state index in [1.807, 2.05) is 44.2 Å². The van der Waals surface area contributed by atoms with E-state index in [1.165, 1.54) is 6.20 Å². The number of benzene rings is 1. The van der Waals surface area contributed by atoms with Gasteiger partial charge < -0.3 is 10.1 Å². The van der Waals surface area contributed by atoms with Crippen LogP contribution in [0.3, 0.4) is 0 Å². The number of hydrogen-bond donors (Lipinski definition) is 2. The number of para-hydroxylation sites is 1. The molecule has 0 bridgehead atoms. The number of aromatic nitrogens is 5. The van der Waals surface area contributed by atoms with Crippen LogP contribution in [-0.4, -0.2) is 44.0 Å². The Morgan fingerprint density at radius 3 is 2.78 bits per heavy atom. The molecule has 8 nitrogen and oxygen atoms in total. The van der Waals surface area contributed by atoms with Crippen LogP contribution in [0.5, 0.6) is 0 Å². The van der Waals surface area contributed by atoms with Gasteiger partial charge in [-0.25, -0.2) is 4.98 Å². The van der Waals surface area contributed by atoms with Gasteiger partial charge in [0.25, 0.3) is 5.56 Å². The molecule has 27 heavy (non-hydrogen) atoms. The fourth-order valence-electron chi connectivity index (χ4n) is 2.95. The quantitative estimate of drug-likeness (QED) is 0.510. The number of nitrogens with one attached hydrogen (secondary N) is 2. The van der Waals surface area contributed by atoms with Crippen molar-refractivity contribution in [1.82, 2.24) is 24.7 Å². The second kappa shape index (κ2) is 7.16. The minimum atomic E-state index is -0.176. The molecule has 3 aromatic heterocycles. The van der Waals surface area contributed by atoms with Gasteiger partial charge in [-0.1, -0.05) is 18.2 Å². The van der Waals surface area contributed by atoms with Crippen LogP contribution in [0.15, 0.2) is 47.5 Å². The lowest BCUT2D eigenvalue weighted by Crippen LogP contribution is -2.20. The van der Waals surface area contributed by atoms with Crippen molar-refractivity contribution in [3.8, 4) is 5.69 Å². The molecule has 0 saturated carbocycles. The molecule has 138 valence electrons. The number of ether oxygens (including phenoxy) is 1. The van der Waals surface area contributed by atoms with E-state index in [9.17, 15) is 4.79 Å². The molecule has 2 N–H and O–H groups in total. The van der Waals surface area contributed by atoms with Crippen molar-refractivity contribution >= 4 is 27.9 Å². The Bertz CT molecular complexity index is 1130. The Labute approximate surface area is 155 Å². The van der Waals surface area contributed by atoms with Gasteiger partial charge in [0.2, 0.25) is 5.95 Å². The predicted octanol–water partition coefficient (Wildman–Crippen LogP) is 2.49. The van der Waals surface area contributed by atoms with Crippen LogP contribution in [0.1, 0.15) is 13.8 Å². The summed E-state index contributed by atoms with van der Waals surface area (Å²) in [5.74, 6) is 0.442. The first-order valence-electron chi connectivity index (χ1n) is 8.81. The summed E-state index contributed by atoms with van der Waals surface area (Å²) in [4.78, 5) is 22.0. The van der Waals surface area contributed by atoms with E-state index in [4.69, 9.17) is 4.74 Å². The molecule has 8 heteroatoms. The van der Waals surface area contributed by atoms with Crippen molar-refractivity contribution in [2.24, 2.45) is 0 Å². The van der Waals surface area contributed by atoms with Crippen molar-refractivity contribution in [2.45, 2.75) is 20.0 Å². The number of aromatic amines is 1. The van der Waals surface area contributed by atoms with Crippen molar-refractivity contribution in [1.29, 1.82) is 0 Å². The van der Waals surface area contributed by atoms with Gasteiger partial charge in [-0.2, -0.15) is 10.1 Å². The van der Waals surface area contributed by atoms with Crippen LogP contribution in [-0.2, 0) is 4.74 Å². The average Bonchev–Trinajstić information content (AvgIpc) is 3.16. The van der Waals surface area contributed by atoms with Gasteiger partial charge in [-0.3, -0.25) is 14.5 Å². The van der Waals surface area contributed by atoms with Crippen LogP contribution in [0.25, 0.3) is 27.6 Å². The van der Waals surface area contributed by atoms with Gasteiger partial charge >= 0.3 is 0 Å². The molecule has 0 saturated heterocycles. The standard InChI is InChI=1S/C19H20N6O2/c1-12(2)27-9-8-20-19-21-10-14-16-15(11-22-24-16)18(26)25(17(14)23-19)13-6-4-3-5-7-13/h3-7,10-12H,8-9H2,1-2H3,(H,22,24)(H,20,21,23). The molecule has 4 rings (SSSR count). The normalized spacial score (nSPS) is 11.5. The number of hydrogen-bond acceptors (Lipinski definition) is 6. The Balaban J connectivity index is 1.83. The van der Waals surface area contributed by atoms with Crippen molar-refractivity contribution < 1.29 is 4.74 Å². The van der Waals surface area contributed by atoms with Crippen LogP contribution < -0.4 is 10.9 Å². The van der Waals surface area contributed by atoms with Crippen molar-refractivity contribution in [2.75, 3.05) is 18.5 Å². The summed E-state index contributed by atoms with van der Waals surface area (Å²) < 4.78 is 7.11. The van der Waals surface area contributed by atoms with Gasteiger partial charge in [0.1, 0.15) is 0 Å². The van der Waals surface area contributed by atoms with E-state index in [-0.39, 0.29) is 11.7 Å². The summed E-state index contributed by atoms with van der Waals surface area (Å²) in [6.45, 7) is 5.09. The molecule has 0 aliphatic carbocycles. The van der Waals surface area contributed by atoms with Gasteiger partial charge in [0, 0.05) is 12.7 Å². The van der Waals surface area contributed by atoms with E-state index >= 15 is 0 Å². The summed E-state index contributed by atoms with van der Waals surface area (Å²) >= 11 is 0. The van der Waals surface area contributed by atoms with E-state index in [2.05, 4.69) is 25.5 Å². The van der Waals surface area contributed by atoms with Crippen molar-refractivity contribution in [3.05, 3.63) is 53.1 Å². The third-order valence-electron chi connectivity index (χ3n) is 4.17. The van der Waals surface area contributed by atoms with E-state index in [0.29, 0.717) is 35.7 Å². The number of H-pyrrole nitrogens is 1. The zero-order chi connectivity index (χ0) is 18.8. The van der Waals surface area contributed by atoms with E-state index < -0.39 is 0 Å². The Hall–Kier alpha value is -3.26. The molecule has 0 aliphatic heterocycles. The maximum atomic E-state index is 13.1. The minimum absolute atomic E-state index is 0.168. The number of nitrogens with zero attached hydrogens (tertiary/aromatic N) is 4. The smallest absolute Gasteiger partial charge is 0.267 e. The Morgan fingerprint density at radius 2 is 2.00 bits per heavy atom. The third kappa shape index (κ3) is 3.26. The molecule has 0 unspecified atom stereocenters. The fraction of sp³-hybridized carbons (Fsp3) is 0.263. The highest BCUT2D eigenvalue weighted by molar-refractivity contribution is 6.02. The Kier molecular flexibility index (Phi) is 4.55. The van der Waals surface area contributed by atoms with Crippen LogP contribution in [0, 0.1) is 0 Å². The number of rotatable bonds is 6. The molecule has 0 fully saturated rings. The molecule has 3 heterocycles. The van der Waals surface area contributed by atoms with Crippen molar-refractivity contribution in [3.63, 3.8) is 0 Å². The lowest BCUT2D eigenvalue weighted by atomic mass is 10.2. The largest absolute Gasteiger partial charge is 0.377 e. The molecule has 0 aliphatic rings. The highest BCUT2D eigenvalue weighted by Gasteiger charge is 2.16. The molecule has 0 spiro atoms. The van der Waals surface area contributed by atoms with Crippen LogP contribution >= 0.6 is 0 Å². The minimum Gasteiger partial charge on any atom is -0.377 e. The van der Waals surface area contributed by atoms with Gasteiger partial charge in [-0.05, 0) is 26.0 Å². The highest BCUT2D eigenvalue weighted by atomic mass is 16.5. The number of anilines is 1. The second-order valence-electron chi connectivity index (χ2n) is 6.41. The highest BCUT2D eigenvalue weighted by Crippen LogP contribution is 2.22. The van der Waals surface area contributed by atoms with E-state index in [1.54, 1.807) is 10.8 Å². The van der Waals surface area contributed by atoms with E-state index in [0.717, 1.165) is 11.1 Å². The summed E-state index contributed by atoms with van der Waals surface area (Å²) in [5, 5.41) is 11.3. The maximum absolute atomic E-state index is 13.1. The average molecular weight is 364 g/mol. The predicted molar refractivity (Wildman–Crippen MR) is 104 cm³/mol. The Morgan fingerprint density at radius 1 is 1.19 bits per heavy atom. The first kappa shape index (κ1) is 17.2. The molecule has 0 amide bonds. The number of fused-ring (bicyclic) bond motifs is 3. The zero-order valence-corrected chi connectivity index (χ0v) is 15.1. The third-order valence-corrected chi connectivity index (χ3v) is 4.17. The summed E-state index contributed by atoms with van der Waals surface area (Å²) in [6.07, 6.45) is 3.40. The fourth-order valence-corrected chi connectivity index (χ4v) is 2.95. The zero-order valence-electron chi connectivity index (χ0n) is 15.1. The number of pyridine rings is 1. The first-order chi connectivity index (χ1) is 13.1. The van der Waals surface area contributed by atoms with Gasteiger partial charge in [-0.15, -0.1) is 0 Å². The molecular formula is C19H20N6O2. The molecule has 0 radical (unpaired) electrons. The second-order valence-corrected chi connectivity index (χ2v) is 6.41. The SMILES string of the molecule is CC(C)OCCNc1ncc2c3[nH]ncc3c(=O)n(-c3ccccc3)c2n1. The summed E-state index contributed by atoms with van der Waals surface area (Å²) in [5.41, 5.74) is 1.72. The lowest BCUT2D eigenvalue weighted by Gasteiger charge is -2.12. The molecule has 4 aromatic rings. The molecule has 1 aromatic carbocycles. The summed E-state index contributed by atoms with van der Waals surface area (Å²) in [7, 11) is 0. The molecule has 0 atom stereocenters.